The molecular formula is C19H16N4O2. The Bertz CT molecular complexity index is 893. The van der Waals surface area contributed by atoms with Gasteiger partial charge in [-0.15, -0.1) is 0 Å². The maximum atomic E-state index is 12.1. The third-order valence-electron chi connectivity index (χ3n) is 3.49. The number of ketones is 1. The zero-order valence-electron chi connectivity index (χ0n) is 13.6. The third kappa shape index (κ3) is 4.26. The van der Waals surface area contributed by atoms with E-state index in [2.05, 4.69) is 20.6 Å². The molecule has 0 saturated heterocycles. The molecule has 25 heavy (non-hydrogen) atoms. The molecule has 1 aromatic carbocycles. The van der Waals surface area contributed by atoms with Gasteiger partial charge in [-0.3, -0.25) is 14.6 Å². The molecule has 1 amide bonds. The molecule has 2 heterocycles. The SMILES string of the molecule is CC(=O)c1cccc(Nc2ccc(NC(=O)c3cccnc3)nc2)c1. The topological polar surface area (TPSA) is 84.0 Å². The molecule has 2 aromatic heterocycles. The number of hydrogen-bond acceptors (Lipinski definition) is 5. The Morgan fingerprint density at radius 2 is 1.76 bits per heavy atom. The fourth-order valence-electron chi connectivity index (χ4n) is 2.21. The van der Waals surface area contributed by atoms with Crippen LogP contribution in [0.1, 0.15) is 27.6 Å². The number of hydrogen-bond donors (Lipinski definition) is 2. The molecule has 0 spiro atoms. The minimum absolute atomic E-state index is 0.00948. The molecule has 0 atom stereocenters. The number of nitrogens with zero attached hydrogens (tertiary/aromatic N) is 2. The summed E-state index contributed by atoms with van der Waals surface area (Å²) in [4.78, 5) is 31.6. The van der Waals surface area contributed by atoms with Gasteiger partial charge in [0.1, 0.15) is 5.82 Å². The van der Waals surface area contributed by atoms with Crippen molar-refractivity contribution in [3.63, 3.8) is 0 Å². The molecule has 2 N–H and O–H groups in total. The van der Waals surface area contributed by atoms with Crippen molar-refractivity contribution in [3.05, 3.63) is 78.2 Å². The Morgan fingerprint density at radius 3 is 2.44 bits per heavy atom. The van der Waals surface area contributed by atoms with Gasteiger partial charge in [-0.05, 0) is 43.3 Å². The van der Waals surface area contributed by atoms with E-state index in [1.807, 2.05) is 12.1 Å². The number of amides is 1. The van der Waals surface area contributed by atoms with Gasteiger partial charge in [-0.2, -0.15) is 0 Å². The second-order valence-electron chi connectivity index (χ2n) is 5.39. The number of benzene rings is 1. The first kappa shape index (κ1) is 16.3. The fourth-order valence-corrected chi connectivity index (χ4v) is 2.21. The molecule has 0 radical (unpaired) electrons. The van der Waals surface area contributed by atoms with Crippen molar-refractivity contribution in [1.29, 1.82) is 0 Å². The second-order valence-corrected chi connectivity index (χ2v) is 5.39. The third-order valence-corrected chi connectivity index (χ3v) is 3.49. The van der Waals surface area contributed by atoms with E-state index in [1.165, 1.54) is 13.1 Å². The lowest BCUT2D eigenvalue weighted by atomic mass is 10.1. The van der Waals surface area contributed by atoms with Crippen LogP contribution in [0, 0.1) is 0 Å². The van der Waals surface area contributed by atoms with E-state index in [4.69, 9.17) is 0 Å². The molecule has 6 heteroatoms. The summed E-state index contributed by atoms with van der Waals surface area (Å²) in [6.07, 6.45) is 4.71. The van der Waals surface area contributed by atoms with Crippen molar-refractivity contribution in [3.8, 4) is 0 Å². The van der Waals surface area contributed by atoms with E-state index in [-0.39, 0.29) is 11.7 Å². The van der Waals surface area contributed by atoms with Gasteiger partial charge in [0.2, 0.25) is 0 Å². The summed E-state index contributed by atoms with van der Waals surface area (Å²) in [7, 11) is 0. The Morgan fingerprint density at radius 1 is 0.920 bits per heavy atom. The molecule has 0 aliphatic heterocycles. The minimum Gasteiger partial charge on any atom is -0.354 e. The van der Waals surface area contributed by atoms with Gasteiger partial charge in [-0.1, -0.05) is 12.1 Å². The quantitative estimate of drug-likeness (QED) is 0.696. The summed E-state index contributed by atoms with van der Waals surface area (Å²) < 4.78 is 0. The van der Waals surface area contributed by atoms with Gasteiger partial charge in [-0.25, -0.2) is 4.98 Å². The van der Waals surface area contributed by atoms with E-state index in [9.17, 15) is 9.59 Å². The van der Waals surface area contributed by atoms with Gasteiger partial charge in [0.15, 0.2) is 5.78 Å². The van der Waals surface area contributed by atoms with Crippen molar-refractivity contribution in [2.45, 2.75) is 6.92 Å². The lowest BCUT2D eigenvalue weighted by Gasteiger charge is -2.09. The largest absolute Gasteiger partial charge is 0.354 e. The minimum atomic E-state index is -0.268. The van der Waals surface area contributed by atoms with Crippen LogP contribution in [0.15, 0.2) is 67.1 Å². The van der Waals surface area contributed by atoms with Crippen LogP contribution in [-0.2, 0) is 0 Å². The highest BCUT2D eigenvalue weighted by Gasteiger charge is 2.07. The van der Waals surface area contributed by atoms with Crippen LogP contribution < -0.4 is 10.6 Å². The van der Waals surface area contributed by atoms with Crippen LogP contribution in [0.3, 0.4) is 0 Å². The van der Waals surface area contributed by atoms with E-state index < -0.39 is 0 Å². The molecule has 0 aliphatic carbocycles. The highest BCUT2D eigenvalue weighted by atomic mass is 16.1. The Kier molecular flexibility index (Phi) is 4.80. The average Bonchev–Trinajstić information content (AvgIpc) is 2.64. The molecule has 0 unspecified atom stereocenters. The highest BCUT2D eigenvalue weighted by Crippen LogP contribution is 2.18. The molecule has 0 aliphatic rings. The summed E-state index contributed by atoms with van der Waals surface area (Å²) >= 11 is 0. The first-order valence-corrected chi connectivity index (χ1v) is 7.67. The predicted octanol–water partition coefficient (Wildman–Crippen LogP) is 3.68. The molecule has 3 rings (SSSR count). The number of anilines is 3. The van der Waals surface area contributed by atoms with Gasteiger partial charge >= 0.3 is 0 Å². The van der Waals surface area contributed by atoms with Crippen molar-refractivity contribution < 1.29 is 9.59 Å². The molecule has 0 saturated carbocycles. The number of pyridine rings is 2. The second kappa shape index (κ2) is 7.35. The van der Waals surface area contributed by atoms with Crippen molar-refractivity contribution in [2.75, 3.05) is 10.6 Å². The number of Topliss-reactive ketones (excluding diaryl/α,β-unsaturated/α-hetero) is 1. The lowest BCUT2D eigenvalue weighted by molar-refractivity contribution is 0.101. The molecule has 0 fully saturated rings. The number of rotatable bonds is 5. The van der Waals surface area contributed by atoms with E-state index in [0.717, 1.165) is 11.4 Å². The van der Waals surface area contributed by atoms with Gasteiger partial charge < -0.3 is 10.6 Å². The fraction of sp³-hybridized carbons (Fsp3) is 0.0526. The maximum Gasteiger partial charge on any atom is 0.258 e. The van der Waals surface area contributed by atoms with Crippen LogP contribution in [0.2, 0.25) is 0 Å². The molecular weight excluding hydrogens is 316 g/mol. The summed E-state index contributed by atoms with van der Waals surface area (Å²) in [5.74, 6) is 0.183. The smallest absolute Gasteiger partial charge is 0.258 e. The number of nitrogens with one attached hydrogen (secondary N) is 2. The van der Waals surface area contributed by atoms with Crippen LogP contribution in [0.5, 0.6) is 0 Å². The predicted molar refractivity (Wildman–Crippen MR) is 96.2 cm³/mol. The van der Waals surface area contributed by atoms with E-state index >= 15 is 0 Å². The first-order chi connectivity index (χ1) is 12.1. The van der Waals surface area contributed by atoms with Crippen LogP contribution in [-0.4, -0.2) is 21.7 Å². The Balaban J connectivity index is 1.67. The average molecular weight is 332 g/mol. The number of carbonyl (C=O) groups excluding carboxylic acids is 2. The maximum absolute atomic E-state index is 12.1. The molecule has 3 aromatic rings. The first-order valence-electron chi connectivity index (χ1n) is 7.67. The van der Waals surface area contributed by atoms with E-state index in [1.54, 1.807) is 48.8 Å². The highest BCUT2D eigenvalue weighted by molar-refractivity contribution is 6.03. The number of aromatic nitrogens is 2. The summed E-state index contributed by atoms with van der Waals surface area (Å²) in [5.41, 5.74) is 2.65. The van der Waals surface area contributed by atoms with Gasteiger partial charge in [0.25, 0.3) is 5.91 Å². The lowest BCUT2D eigenvalue weighted by Crippen LogP contribution is -2.13. The summed E-state index contributed by atoms with van der Waals surface area (Å²) in [6, 6.07) is 14.1. The van der Waals surface area contributed by atoms with Crippen LogP contribution in [0.4, 0.5) is 17.2 Å². The van der Waals surface area contributed by atoms with Crippen LogP contribution >= 0.6 is 0 Å². The Hall–Kier alpha value is -3.54. The van der Waals surface area contributed by atoms with Crippen molar-refractivity contribution >= 4 is 28.9 Å². The van der Waals surface area contributed by atoms with Gasteiger partial charge in [0, 0.05) is 23.6 Å². The van der Waals surface area contributed by atoms with Crippen molar-refractivity contribution in [2.24, 2.45) is 0 Å². The van der Waals surface area contributed by atoms with Crippen molar-refractivity contribution in [1.82, 2.24) is 9.97 Å². The van der Waals surface area contributed by atoms with Gasteiger partial charge in [0.05, 0.1) is 17.4 Å². The summed E-state index contributed by atoms with van der Waals surface area (Å²) in [6.45, 7) is 1.53. The number of carbonyl (C=O) groups is 2. The molecule has 0 bridgehead atoms. The zero-order chi connectivity index (χ0) is 17.6. The standard InChI is InChI=1S/C19H16N4O2/c1-13(24)14-4-2-6-16(10-14)22-17-7-8-18(21-12-17)23-19(25)15-5-3-9-20-11-15/h2-12,22H,1H3,(H,21,23,25). The monoisotopic (exact) mass is 332 g/mol. The molecule has 6 nitrogen and oxygen atoms in total. The Labute approximate surface area is 145 Å². The normalized spacial score (nSPS) is 10.1. The summed E-state index contributed by atoms with van der Waals surface area (Å²) in [5, 5.41) is 5.88. The zero-order valence-corrected chi connectivity index (χ0v) is 13.6. The molecule has 124 valence electrons. The van der Waals surface area contributed by atoms with Crippen LogP contribution in [0.25, 0.3) is 0 Å². The van der Waals surface area contributed by atoms with E-state index in [0.29, 0.717) is 16.9 Å².